The lowest BCUT2D eigenvalue weighted by molar-refractivity contribution is -0.133. The van der Waals surface area contributed by atoms with E-state index in [1.54, 1.807) is 13.2 Å². The Morgan fingerprint density at radius 1 is 1.19 bits per heavy atom. The number of hydrogen-bond acceptors (Lipinski definition) is 3. The molecular weight excluding hydrogens is 331 g/mol. The number of carbonyl (C=O) groups excluding carboxylic acids is 1. The summed E-state index contributed by atoms with van der Waals surface area (Å²) in [6.45, 7) is 2.77. The fourth-order valence-electron chi connectivity index (χ4n) is 3.30. The minimum atomic E-state index is -0.278. The number of benzene rings is 2. The van der Waals surface area contributed by atoms with Crippen molar-refractivity contribution in [1.29, 1.82) is 0 Å². The van der Waals surface area contributed by atoms with Crippen molar-refractivity contribution in [3.8, 4) is 5.75 Å². The second kappa shape index (κ2) is 8.81. The molecule has 0 radical (unpaired) electrons. The van der Waals surface area contributed by atoms with Crippen molar-refractivity contribution in [2.24, 2.45) is 5.92 Å². The zero-order valence-corrected chi connectivity index (χ0v) is 15.1. The molecule has 0 unspecified atom stereocenters. The highest BCUT2D eigenvalue weighted by Crippen LogP contribution is 2.19. The Bertz CT molecular complexity index is 727. The first kappa shape index (κ1) is 18.4. The first-order valence-corrected chi connectivity index (χ1v) is 9.00. The predicted molar refractivity (Wildman–Crippen MR) is 99.2 cm³/mol. The maximum Gasteiger partial charge on any atom is 0.223 e. The largest absolute Gasteiger partial charge is 0.497 e. The Kier molecular flexibility index (Phi) is 6.23. The lowest BCUT2D eigenvalue weighted by atomic mass is 10.0. The van der Waals surface area contributed by atoms with Gasteiger partial charge in [0.1, 0.15) is 11.6 Å². The molecule has 1 aliphatic heterocycles. The van der Waals surface area contributed by atoms with E-state index in [1.807, 2.05) is 35.2 Å². The quantitative estimate of drug-likeness (QED) is 0.827. The van der Waals surface area contributed by atoms with E-state index in [0.29, 0.717) is 25.4 Å². The van der Waals surface area contributed by atoms with Crippen LogP contribution in [0.3, 0.4) is 0 Å². The van der Waals surface area contributed by atoms with Crippen LogP contribution in [0.1, 0.15) is 24.0 Å². The number of nitrogens with one attached hydrogen (secondary N) is 1. The summed E-state index contributed by atoms with van der Waals surface area (Å²) in [6, 6.07) is 14.1. The molecule has 0 saturated carbocycles. The van der Waals surface area contributed by atoms with Crippen molar-refractivity contribution in [2.75, 3.05) is 20.2 Å². The molecule has 2 aromatic carbocycles. The highest BCUT2D eigenvalue weighted by molar-refractivity contribution is 5.76. The van der Waals surface area contributed by atoms with E-state index in [-0.39, 0.29) is 11.7 Å². The maximum absolute atomic E-state index is 13.5. The average molecular weight is 356 g/mol. The average Bonchev–Trinajstić information content (AvgIpc) is 3.15. The van der Waals surface area contributed by atoms with Crippen LogP contribution in [0, 0.1) is 11.7 Å². The highest BCUT2D eigenvalue weighted by atomic mass is 19.1. The summed E-state index contributed by atoms with van der Waals surface area (Å²) in [6.07, 6.45) is 1.56. The van der Waals surface area contributed by atoms with Gasteiger partial charge >= 0.3 is 0 Å². The molecule has 0 aliphatic carbocycles. The number of halogens is 1. The third kappa shape index (κ3) is 5.05. The number of amides is 1. The van der Waals surface area contributed by atoms with Crippen LogP contribution in [0.2, 0.25) is 0 Å². The third-order valence-corrected chi connectivity index (χ3v) is 4.77. The minimum absolute atomic E-state index is 0.110. The number of carbonyl (C=O) groups is 1. The van der Waals surface area contributed by atoms with Crippen LogP contribution in [0.4, 0.5) is 4.39 Å². The topological polar surface area (TPSA) is 41.6 Å². The predicted octanol–water partition coefficient (Wildman–Crippen LogP) is 3.36. The van der Waals surface area contributed by atoms with Gasteiger partial charge < -0.3 is 15.0 Å². The van der Waals surface area contributed by atoms with Crippen LogP contribution < -0.4 is 10.1 Å². The van der Waals surface area contributed by atoms with Gasteiger partial charge in [-0.05, 0) is 60.8 Å². The van der Waals surface area contributed by atoms with Crippen LogP contribution in [0.25, 0.3) is 0 Å². The molecule has 26 heavy (non-hydrogen) atoms. The fraction of sp³-hybridized carbons (Fsp3) is 0.381. The molecule has 3 rings (SSSR count). The van der Waals surface area contributed by atoms with Gasteiger partial charge in [0.25, 0.3) is 0 Å². The van der Waals surface area contributed by atoms with Crippen molar-refractivity contribution in [2.45, 2.75) is 25.9 Å². The van der Waals surface area contributed by atoms with Crippen LogP contribution in [-0.2, 0) is 17.9 Å². The van der Waals surface area contributed by atoms with Crippen molar-refractivity contribution in [3.05, 3.63) is 65.5 Å². The summed E-state index contributed by atoms with van der Waals surface area (Å²) in [5, 5.41) is 3.30. The van der Waals surface area contributed by atoms with Crippen LogP contribution in [0.5, 0.6) is 5.75 Å². The van der Waals surface area contributed by atoms with E-state index >= 15 is 0 Å². The summed E-state index contributed by atoms with van der Waals surface area (Å²) in [5.74, 6) is 1.00. The molecule has 1 aliphatic rings. The Balaban J connectivity index is 1.73. The normalized spacial score (nSPS) is 16.5. The SMILES string of the molecule is COc1ccc(CN(Cc2cccc(F)c2)C(=O)C[C@@H]2CCNC2)cc1. The molecule has 2 aromatic rings. The van der Waals surface area contributed by atoms with Crippen LogP contribution >= 0.6 is 0 Å². The lowest BCUT2D eigenvalue weighted by Gasteiger charge is -2.24. The molecule has 0 spiro atoms. The zero-order chi connectivity index (χ0) is 18.4. The molecule has 1 atom stereocenters. The number of hydrogen-bond donors (Lipinski definition) is 1. The van der Waals surface area contributed by atoms with Crippen molar-refractivity contribution in [3.63, 3.8) is 0 Å². The zero-order valence-electron chi connectivity index (χ0n) is 15.1. The molecular formula is C21H25FN2O2. The summed E-state index contributed by atoms with van der Waals surface area (Å²) < 4.78 is 18.7. The van der Waals surface area contributed by atoms with Crippen LogP contribution in [0.15, 0.2) is 48.5 Å². The van der Waals surface area contributed by atoms with Gasteiger partial charge in [-0.25, -0.2) is 4.39 Å². The summed E-state index contributed by atoms with van der Waals surface area (Å²) in [7, 11) is 1.63. The standard InChI is InChI=1S/C21H25FN2O2/c1-26-20-7-5-16(6-8-20)14-24(15-18-3-2-4-19(22)11-18)21(25)12-17-9-10-23-13-17/h2-8,11,17,23H,9-10,12-15H2,1H3/t17-/m0/s1. The number of nitrogens with zero attached hydrogens (tertiary/aromatic N) is 1. The minimum Gasteiger partial charge on any atom is -0.497 e. The third-order valence-electron chi connectivity index (χ3n) is 4.77. The smallest absolute Gasteiger partial charge is 0.223 e. The van der Waals surface area contributed by atoms with Gasteiger partial charge in [0.05, 0.1) is 7.11 Å². The van der Waals surface area contributed by atoms with Gasteiger partial charge in [-0.1, -0.05) is 24.3 Å². The summed E-state index contributed by atoms with van der Waals surface area (Å²) in [4.78, 5) is 14.7. The first-order valence-electron chi connectivity index (χ1n) is 9.00. The van der Waals surface area contributed by atoms with Crippen molar-refractivity contribution >= 4 is 5.91 Å². The van der Waals surface area contributed by atoms with E-state index in [2.05, 4.69) is 5.32 Å². The molecule has 1 fully saturated rings. The fourth-order valence-corrected chi connectivity index (χ4v) is 3.30. The van der Waals surface area contributed by atoms with E-state index in [0.717, 1.165) is 36.4 Å². The molecule has 0 aromatic heterocycles. The van der Waals surface area contributed by atoms with E-state index < -0.39 is 0 Å². The van der Waals surface area contributed by atoms with E-state index in [9.17, 15) is 9.18 Å². The molecule has 5 heteroatoms. The van der Waals surface area contributed by atoms with Crippen LogP contribution in [-0.4, -0.2) is 31.0 Å². The molecule has 0 bridgehead atoms. The molecule has 4 nitrogen and oxygen atoms in total. The second-order valence-electron chi connectivity index (χ2n) is 6.79. The van der Waals surface area contributed by atoms with Gasteiger partial charge in [0, 0.05) is 19.5 Å². The Morgan fingerprint density at radius 3 is 2.62 bits per heavy atom. The van der Waals surface area contributed by atoms with Gasteiger partial charge in [0.15, 0.2) is 0 Å². The number of methoxy groups -OCH3 is 1. The van der Waals surface area contributed by atoms with Gasteiger partial charge in [0.2, 0.25) is 5.91 Å². The Hall–Kier alpha value is -2.40. The molecule has 1 saturated heterocycles. The molecule has 1 N–H and O–H groups in total. The van der Waals surface area contributed by atoms with Gasteiger partial charge in [-0.2, -0.15) is 0 Å². The highest BCUT2D eigenvalue weighted by Gasteiger charge is 2.22. The van der Waals surface area contributed by atoms with E-state index in [4.69, 9.17) is 4.74 Å². The van der Waals surface area contributed by atoms with E-state index in [1.165, 1.54) is 12.1 Å². The maximum atomic E-state index is 13.5. The monoisotopic (exact) mass is 356 g/mol. The Labute approximate surface area is 154 Å². The summed E-state index contributed by atoms with van der Waals surface area (Å²) in [5.41, 5.74) is 1.83. The van der Waals surface area contributed by atoms with Crippen molar-refractivity contribution < 1.29 is 13.9 Å². The molecule has 138 valence electrons. The number of rotatable bonds is 7. The number of ether oxygens (including phenoxy) is 1. The summed E-state index contributed by atoms with van der Waals surface area (Å²) >= 11 is 0. The molecule has 1 amide bonds. The van der Waals surface area contributed by atoms with Crippen molar-refractivity contribution in [1.82, 2.24) is 10.2 Å². The first-order chi connectivity index (χ1) is 12.6. The molecule has 1 heterocycles. The second-order valence-corrected chi connectivity index (χ2v) is 6.79. The van der Waals surface area contributed by atoms with Gasteiger partial charge in [-0.15, -0.1) is 0 Å². The van der Waals surface area contributed by atoms with Gasteiger partial charge in [-0.3, -0.25) is 4.79 Å². The lowest BCUT2D eigenvalue weighted by Crippen LogP contribution is -2.32. The Morgan fingerprint density at radius 2 is 1.96 bits per heavy atom.